The van der Waals surface area contributed by atoms with Gasteiger partial charge in [-0.15, -0.1) is 0 Å². The Balaban J connectivity index is 2.47. The lowest BCUT2D eigenvalue weighted by molar-refractivity contribution is -0.121. The number of nitrogens with one attached hydrogen (secondary N) is 2. The van der Waals surface area contributed by atoms with E-state index < -0.39 is 6.04 Å². The van der Waals surface area contributed by atoms with Gasteiger partial charge in [-0.25, -0.2) is 4.39 Å². The van der Waals surface area contributed by atoms with E-state index in [0.29, 0.717) is 18.8 Å². The predicted octanol–water partition coefficient (Wildman–Crippen LogP) is 2.54. The zero-order valence-corrected chi connectivity index (χ0v) is 12.6. The summed E-state index contributed by atoms with van der Waals surface area (Å²) in [6.45, 7) is 2.83. The molecule has 1 aromatic carbocycles. The van der Waals surface area contributed by atoms with Gasteiger partial charge in [0, 0.05) is 24.7 Å². The first kappa shape index (κ1) is 15.9. The summed E-state index contributed by atoms with van der Waals surface area (Å²) >= 11 is 3.26. The smallest absolute Gasteiger partial charge is 0.242 e. The molecule has 1 atom stereocenters. The number of methoxy groups -OCH3 is 1. The van der Waals surface area contributed by atoms with Gasteiger partial charge >= 0.3 is 0 Å². The molecule has 0 aliphatic heterocycles. The van der Waals surface area contributed by atoms with Crippen LogP contribution in [-0.4, -0.2) is 32.2 Å². The molecule has 0 bridgehead atoms. The third-order valence-corrected chi connectivity index (χ3v) is 3.01. The highest BCUT2D eigenvalue weighted by atomic mass is 79.9. The molecule has 0 spiro atoms. The van der Waals surface area contributed by atoms with Crippen molar-refractivity contribution in [2.45, 2.75) is 19.4 Å². The van der Waals surface area contributed by atoms with Gasteiger partial charge in [0.15, 0.2) is 0 Å². The van der Waals surface area contributed by atoms with Crippen molar-refractivity contribution < 1.29 is 13.9 Å². The van der Waals surface area contributed by atoms with Crippen molar-refractivity contribution in [3.8, 4) is 0 Å². The Kier molecular flexibility index (Phi) is 6.80. The van der Waals surface area contributed by atoms with Crippen LogP contribution in [0.5, 0.6) is 0 Å². The quantitative estimate of drug-likeness (QED) is 0.754. The number of ether oxygens (including phenoxy) is 1. The summed E-state index contributed by atoms with van der Waals surface area (Å²) in [7, 11) is 1.61. The molecule has 0 fully saturated rings. The zero-order chi connectivity index (χ0) is 14.3. The van der Waals surface area contributed by atoms with Crippen molar-refractivity contribution in [2.75, 3.05) is 25.6 Å². The molecular formula is C13H18BrFN2O2. The molecule has 19 heavy (non-hydrogen) atoms. The maximum absolute atomic E-state index is 13.5. The fraction of sp³-hybridized carbons (Fsp3) is 0.462. The number of anilines is 1. The summed E-state index contributed by atoms with van der Waals surface area (Å²) in [4.78, 5) is 11.8. The summed E-state index contributed by atoms with van der Waals surface area (Å²) in [6.07, 6.45) is 0.750. The number of carbonyl (C=O) groups is 1. The van der Waals surface area contributed by atoms with Crippen LogP contribution in [0, 0.1) is 5.82 Å². The molecule has 0 aromatic heterocycles. The Morgan fingerprint density at radius 2 is 2.26 bits per heavy atom. The summed E-state index contributed by atoms with van der Waals surface area (Å²) in [5.41, 5.74) is 0.300. The Morgan fingerprint density at radius 3 is 2.95 bits per heavy atom. The van der Waals surface area contributed by atoms with Gasteiger partial charge in [0.2, 0.25) is 5.91 Å². The minimum atomic E-state index is -0.508. The molecule has 0 heterocycles. The van der Waals surface area contributed by atoms with E-state index in [4.69, 9.17) is 4.74 Å². The molecular weight excluding hydrogens is 315 g/mol. The maximum Gasteiger partial charge on any atom is 0.242 e. The molecule has 2 N–H and O–H groups in total. The second-order valence-electron chi connectivity index (χ2n) is 4.13. The lowest BCUT2D eigenvalue weighted by atomic mass is 10.2. The van der Waals surface area contributed by atoms with Crippen molar-refractivity contribution in [2.24, 2.45) is 0 Å². The van der Waals surface area contributed by atoms with Gasteiger partial charge < -0.3 is 15.4 Å². The highest BCUT2D eigenvalue weighted by Gasteiger charge is 2.14. The van der Waals surface area contributed by atoms with Gasteiger partial charge in [-0.05, 0) is 31.5 Å². The van der Waals surface area contributed by atoms with Crippen molar-refractivity contribution in [3.63, 3.8) is 0 Å². The Morgan fingerprint density at radius 1 is 1.53 bits per heavy atom. The summed E-state index contributed by atoms with van der Waals surface area (Å²) in [5.74, 6) is -0.558. The normalized spacial score (nSPS) is 12.0. The fourth-order valence-corrected chi connectivity index (χ4v) is 1.85. The van der Waals surface area contributed by atoms with E-state index in [1.54, 1.807) is 26.2 Å². The van der Waals surface area contributed by atoms with Crippen LogP contribution in [0.4, 0.5) is 10.1 Å². The van der Waals surface area contributed by atoms with E-state index in [9.17, 15) is 9.18 Å². The van der Waals surface area contributed by atoms with Crippen LogP contribution >= 0.6 is 15.9 Å². The third kappa shape index (κ3) is 5.57. The SMILES string of the molecule is COCCCNC(=O)C(C)Nc1cc(Br)ccc1F. The molecule has 4 nitrogen and oxygen atoms in total. The lowest BCUT2D eigenvalue weighted by Gasteiger charge is -2.16. The molecule has 0 aliphatic rings. The average Bonchev–Trinajstić information content (AvgIpc) is 2.38. The first-order chi connectivity index (χ1) is 9.04. The van der Waals surface area contributed by atoms with Crippen LogP contribution in [0.25, 0.3) is 0 Å². The number of rotatable bonds is 7. The van der Waals surface area contributed by atoms with E-state index in [-0.39, 0.29) is 11.7 Å². The monoisotopic (exact) mass is 332 g/mol. The maximum atomic E-state index is 13.5. The molecule has 6 heteroatoms. The van der Waals surface area contributed by atoms with Gasteiger partial charge in [0.25, 0.3) is 0 Å². The number of amides is 1. The molecule has 106 valence electrons. The lowest BCUT2D eigenvalue weighted by Crippen LogP contribution is -2.38. The first-order valence-corrected chi connectivity index (χ1v) is 6.82. The van der Waals surface area contributed by atoms with Crippen LogP contribution in [0.2, 0.25) is 0 Å². The second kappa shape index (κ2) is 8.12. The van der Waals surface area contributed by atoms with Crippen molar-refractivity contribution >= 4 is 27.5 Å². The Hall–Kier alpha value is -1.14. The number of hydrogen-bond acceptors (Lipinski definition) is 3. The molecule has 1 amide bonds. The number of benzene rings is 1. The summed E-state index contributed by atoms with van der Waals surface area (Å²) in [5, 5.41) is 5.60. The van der Waals surface area contributed by atoms with Crippen molar-refractivity contribution in [1.29, 1.82) is 0 Å². The van der Waals surface area contributed by atoms with E-state index >= 15 is 0 Å². The third-order valence-electron chi connectivity index (χ3n) is 2.52. The number of carbonyl (C=O) groups excluding carboxylic acids is 1. The molecule has 0 aliphatic carbocycles. The fourth-order valence-electron chi connectivity index (χ4n) is 1.49. The number of hydrogen-bond donors (Lipinski definition) is 2. The minimum absolute atomic E-state index is 0.171. The minimum Gasteiger partial charge on any atom is -0.385 e. The first-order valence-electron chi connectivity index (χ1n) is 6.03. The Labute approximate surface area is 120 Å². The van der Waals surface area contributed by atoms with Crippen molar-refractivity contribution in [3.05, 3.63) is 28.5 Å². The van der Waals surface area contributed by atoms with E-state index in [1.165, 1.54) is 6.07 Å². The standard InChI is InChI=1S/C13H18BrFN2O2/c1-9(13(18)16-6-3-7-19-2)17-12-8-10(14)4-5-11(12)15/h4-5,8-9,17H,3,6-7H2,1-2H3,(H,16,18). The van der Waals surface area contributed by atoms with Gasteiger partial charge in [0.1, 0.15) is 11.9 Å². The summed E-state index contributed by atoms with van der Waals surface area (Å²) < 4.78 is 19.2. The van der Waals surface area contributed by atoms with Crippen LogP contribution in [0.15, 0.2) is 22.7 Å². The molecule has 0 radical (unpaired) electrons. The molecule has 0 saturated heterocycles. The van der Waals surface area contributed by atoms with E-state index in [1.807, 2.05) is 0 Å². The summed E-state index contributed by atoms with van der Waals surface area (Å²) in [6, 6.07) is 4.04. The van der Waals surface area contributed by atoms with Gasteiger partial charge in [0.05, 0.1) is 5.69 Å². The molecule has 1 rings (SSSR count). The highest BCUT2D eigenvalue weighted by molar-refractivity contribution is 9.10. The molecule has 1 aromatic rings. The topological polar surface area (TPSA) is 50.4 Å². The van der Waals surface area contributed by atoms with Crippen LogP contribution < -0.4 is 10.6 Å². The van der Waals surface area contributed by atoms with Gasteiger partial charge in [-0.1, -0.05) is 15.9 Å². The van der Waals surface area contributed by atoms with Crippen LogP contribution in [0.3, 0.4) is 0 Å². The van der Waals surface area contributed by atoms with Gasteiger partial charge in [-0.3, -0.25) is 4.79 Å². The predicted molar refractivity (Wildman–Crippen MR) is 76.7 cm³/mol. The van der Waals surface area contributed by atoms with E-state index in [2.05, 4.69) is 26.6 Å². The van der Waals surface area contributed by atoms with E-state index in [0.717, 1.165) is 10.9 Å². The second-order valence-corrected chi connectivity index (χ2v) is 5.04. The largest absolute Gasteiger partial charge is 0.385 e. The Bertz CT molecular complexity index is 429. The van der Waals surface area contributed by atoms with Crippen molar-refractivity contribution in [1.82, 2.24) is 5.32 Å². The number of halogens is 2. The average molecular weight is 333 g/mol. The highest BCUT2D eigenvalue weighted by Crippen LogP contribution is 2.20. The zero-order valence-electron chi connectivity index (χ0n) is 11.0. The van der Waals surface area contributed by atoms with Crippen LogP contribution in [-0.2, 0) is 9.53 Å². The molecule has 1 unspecified atom stereocenters. The van der Waals surface area contributed by atoms with Crippen LogP contribution in [0.1, 0.15) is 13.3 Å². The molecule has 0 saturated carbocycles. The van der Waals surface area contributed by atoms with Gasteiger partial charge in [-0.2, -0.15) is 0 Å².